The molecule has 0 bridgehead atoms. The van der Waals surface area contributed by atoms with Crippen LogP contribution in [0.1, 0.15) is 25.6 Å². The van der Waals surface area contributed by atoms with Crippen molar-refractivity contribution in [2.45, 2.75) is 20.8 Å². The molecule has 0 spiro atoms. The van der Waals surface area contributed by atoms with E-state index in [1.165, 1.54) is 10.5 Å². The molecule has 0 saturated heterocycles. The van der Waals surface area contributed by atoms with E-state index in [-0.39, 0.29) is 0 Å². The fraction of sp³-hybridized carbons (Fsp3) is 0.400. The lowest BCUT2D eigenvalue weighted by Gasteiger charge is -2.09. The van der Waals surface area contributed by atoms with Crippen molar-refractivity contribution in [3.05, 3.63) is 22.4 Å². The van der Waals surface area contributed by atoms with Crippen LogP contribution in [0.3, 0.4) is 0 Å². The van der Waals surface area contributed by atoms with Crippen LogP contribution in [0.5, 0.6) is 0 Å². The zero-order valence-corrected chi connectivity index (χ0v) is 8.61. The molecular formula is C10H15NS. The van der Waals surface area contributed by atoms with Gasteiger partial charge in [-0.05, 0) is 29.9 Å². The molecule has 1 aromatic rings. The first-order chi connectivity index (χ1) is 5.66. The summed E-state index contributed by atoms with van der Waals surface area (Å²) in [5, 5.41) is 2.04. The maximum Gasteiger partial charge on any atom is 0.0531 e. The Hall–Kier alpha value is -0.760. The largest absolute Gasteiger partial charge is 0.398 e. The number of nitrogen functional groups attached to an aromatic ring is 1. The number of rotatable bonds is 2. The normalized spacial score (nSPS) is 12.5. The average molecular weight is 181 g/mol. The Bertz CT molecular complexity index is 284. The number of anilines is 1. The van der Waals surface area contributed by atoms with E-state index in [1.54, 1.807) is 11.3 Å². The molecule has 1 aromatic heterocycles. The minimum absolute atomic E-state index is 0.552. The fourth-order valence-corrected chi connectivity index (χ4v) is 2.32. The van der Waals surface area contributed by atoms with Crippen LogP contribution in [0, 0.1) is 5.92 Å². The van der Waals surface area contributed by atoms with Crippen molar-refractivity contribution >= 4 is 22.6 Å². The summed E-state index contributed by atoms with van der Waals surface area (Å²) in [7, 11) is 0. The van der Waals surface area contributed by atoms with Gasteiger partial charge in [-0.15, -0.1) is 11.3 Å². The van der Waals surface area contributed by atoms with E-state index in [4.69, 9.17) is 5.73 Å². The van der Waals surface area contributed by atoms with Gasteiger partial charge >= 0.3 is 0 Å². The molecule has 0 radical (unpaired) electrons. The molecule has 0 aromatic carbocycles. The Morgan fingerprint density at radius 1 is 1.58 bits per heavy atom. The van der Waals surface area contributed by atoms with Crippen molar-refractivity contribution < 1.29 is 0 Å². The van der Waals surface area contributed by atoms with Gasteiger partial charge in [0.1, 0.15) is 0 Å². The topological polar surface area (TPSA) is 26.0 Å². The second kappa shape index (κ2) is 3.76. The van der Waals surface area contributed by atoms with Gasteiger partial charge in [0.15, 0.2) is 0 Å². The number of nitrogens with two attached hydrogens (primary N) is 1. The highest BCUT2D eigenvalue weighted by atomic mass is 32.1. The van der Waals surface area contributed by atoms with Crippen molar-refractivity contribution in [2.24, 2.45) is 5.92 Å². The predicted molar refractivity (Wildman–Crippen MR) is 57.2 cm³/mol. The summed E-state index contributed by atoms with van der Waals surface area (Å²) in [5.41, 5.74) is 8.08. The Morgan fingerprint density at radius 3 is 2.58 bits per heavy atom. The second-order valence-corrected chi connectivity index (χ2v) is 4.02. The van der Waals surface area contributed by atoms with Gasteiger partial charge in [-0.2, -0.15) is 0 Å². The monoisotopic (exact) mass is 181 g/mol. The summed E-state index contributed by atoms with van der Waals surface area (Å²) >= 11 is 1.72. The summed E-state index contributed by atoms with van der Waals surface area (Å²) in [4.78, 5) is 1.23. The van der Waals surface area contributed by atoms with E-state index in [9.17, 15) is 0 Å². The Balaban J connectivity index is 3.04. The molecule has 1 nitrogen and oxygen atoms in total. The lowest BCUT2D eigenvalue weighted by atomic mass is 10.0. The first kappa shape index (κ1) is 9.33. The molecule has 0 atom stereocenters. The van der Waals surface area contributed by atoms with Crippen LogP contribution in [-0.2, 0) is 0 Å². The predicted octanol–water partition coefficient (Wildman–Crippen LogP) is 3.39. The van der Waals surface area contributed by atoms with E-state index in [0.717, 1.165) is 5.69 Å². The van der Waals surface area contributed by atoms with Gasteiger partial charge in [0.25, 0.3) is 0 Å². The minimum atomic E-state index is 0.552. The Morgan fingerprint density at radius 2 is 2.25 bits per heavy atom. The van der Waals surface area contributed by atoms with Crippen LogP contribution in [0.2, 0.25) is 0 Å². The third kappa shape index (κ3) is 1.69. The maximum atomic E-state index is 5.82. The van der Waals surface area contributed by atoms with E-state index >= 15 is 0 Å². The molecular weight excluding hydrogens is 166 g/mol. The highest BCUT2D eigenvalue weighted by Gasteiger charge is 2.09. The first-order valence-corrected chi connectivity index (χ1v) is 5.04. The van der Waals surface area contributed by atoms with E-state index in [1.807, 2.05) is 11.4 Å². The molecule has 2 N–H and O–H groups in total. The highest BCUT2D eigenvalue weighted by molar-refractivity contribution is 7.11. The number of thiophene rings is 1. The van der Waals surface area contributed by atoms with Crippen LogP contribution >= 0.6 is 11.3 Å². The van der Waals surface area contributed by atoms with Crippen molar-refractivity contribution in [1.29, 1.82) is 0 Å². The lowest BCUT2D eigenvalue weighted by Crippen LogP contribution is -1.94. The summed E-state index contributed by atoms with van der Waals surface area (Å²) in [6.45, 7) is 6.44. The van der Waals surface area contributed by atoms with Crippen LogP contribution in [0.25, 0.3) is 5.57 Å². The summed E-state index contributed by atoms with van der Waals surface area (Å²) < 4.78 is 0. The zero-order chi connectivity index (χ0) is 9.14. The standard InChI is InChI=1S/C10H15NS/c1-4-8(7(2)3)10-9(11)5-6-12-10/h4-7H,11H2,1-3H3/b8-4-. The van der Waals surface area contributed by atoms with Crippen molar-refractivity contribution in [2.75, 3.05) is 5.73 Å². The van der Waals surface area contributed by atoms with Gasteiger partial charge in [-0.1, -0.05) is 19.9 Å². The van der Waals surface area contributed by atoms with Crippen LogP contribution in [-0.4, -0.2) is 0 Å². The molecule has 2 heteroatoms. The number of allylic oxidation sites excluding steroid dienone is 2. The summed E-state index contributed by atoms with van der Waals surface area (Å²) in [5.74, 6) is 0.552. The molecule has 0 aliphatic carbocycles. The molecule has 0 amide bonds. The van der Waals surface area contributed by atoms with E-state index in [2.05, 4.69) is 26.8 Å². The molecule has 1 heterocycles. The average Bonchev–Trinajstić information content (AvgIpc) is 2.38. The van der Waals surface area contributed by atoms with Crippen molar-refractivity contribution in [1.82, 2.24) is 0 Å². The molecule has 0 aliphatic heterocycles. The fourth-order valence-electron chi connectivity index (χ4n) is 1.28. The number of hydrogen-bond donors (Lipinski definition) is 1. The summed E-state index contributed by atoms with van der Waals surface area (Å²) in [6.07, 6.45) is 2.15. The van der Waals surface area contributed by atoms with Gasteiger partial charge in [-0.25, -0.2) is 0 Å². The third-order valence-electron chi connectivity index (χ3n) is 1.89. The smallest absolute Gasteiger partial charge is 0.0531 e. The first-order valence-electron chi connectivity index (χ1n) is 4.16. The third-order valence-corrected chi connectivity index (χ3v) is 2.87. The van der Waals surface area contributed by atoms with E-state index in [0.29, 0.717) is 5.92 Å². The quantitative estimate of drug-likeness (QED) is 0.743. The molecule has 12 heavy (non-hydrogen) atoms. The molecule has 0 saturated carbocycles. The molecule has 0 unspecified atom stereocenters. The highest BCUT2D eigenvalue weighted by Crippen LogP contribution is 2.31. The second-order valence-electron chi connectivity index (χ2n) is 3.10. The number of hydrogen-bond acceptors (Lipinski definition) is 2. The molecule has 1 rings (SSSR count). The maximum absolute atomic E-state index is 5.82. The van der Waals surface area contributed by atoms with Crippen molar-refractivity contribution in [3.8, 4) is 0 Å². The lowest BCUT2D eigenvalue weighted by molar-refractivity contribution is 0.857. The van der Waals surface area contributed by atoms with Crippen LogP contribution in [0.4, 0.5) is 5.69 Å². The zero-order valence-electron chi connectivity index (χ0n) is 7.79. The van der Waals surface area contributed by atoms with Crippen LogP contribution < -0.4 is 5.73 Å². The minimum Gasteiger partial charge on any atom is -0.398 e. The van der Waals surface area contributed by atoms with Gasteiger partial charge in [0, 0.05) is 5.69 Å². The van der Waals surface area contributed by atoms with Crippen LogP contribution in [0.15, 0.2) is 17.5 Å². The Labute approximate surface area is 77.9 Å². The van der Waals surface area contributed by atoms with Gasteiger partial charge < -0.3 is 5.73 Å². The Kier molecular flexibility index (Phi) is 2.93. The summed E-state index contributed by atoms with van der Waals surface area (Å²) in [6, 6.07) is 1.96. The van der Waals surface area contributed by atoms with Gasteiger partial charge in [-0.3, -0.25) is 0 Å². The van der Waals surface area contributed by atoms with E-state index < -0.39 is 0 Å². The molecule has 66 valence electrons. The van der Waals surface area contributed by atoms with Gasteiger partial charge in [0.05, 0.1) is 4.88 Å². The van der Waals surface area contributed by atoms with Gasteiger partial charge in [0.2, 0.25) is 0 Å². The SMILES string of the molecule is C/C=C(\c1sccc1N)C(C)C. The molecule has 0 fully saturated rings. The van der Waals surface area contributed by atoms with Crippen molar-refractivity contribution in [3.63, 3.8) is 0 Å². The molecule has 0 aliphatic rings.